The number of ether oxygens (including phenoxy) is 1. The molecule has 1 heterocycles. The molecule has 2 N–H and O–H groups in total. The van der Waals surface area contributed by atoms with Crippen molar-refractivity contribution in [1.82, 2.24) is 9.97 Å². The number of nitrogens with one attached hydrogen (secondary N) is 1. The van der Waals surface area contributed by atoms with Gasteiger partial charge in [0, 0.05) is 25.8 Å². The molecule has 0 saturated carbocycles. The van der Waals surface area contributed by atoms with Gasteiger partial charge in [-0.2, -0.15) is 0 Å². The minimum atomic E-state index is 0.194. The number of rotatable bonds is 4. The van der Waals surface area contributed by atoms with Gasteiger partial charge >= 0.3 is 0 Å². The van der Waals surface area contributed by atoms with Crippen LogP contribution in [0.15, 0.2) is 30.3 Å². The molecular formula is C13H15N3O2. The Balaban J connectivity index is 2.46. The maximum Gasteiger partial charge on any atom is 0.161 e. The number of benzene rings is 1. The third-order valence-corrected chi connectivity index (χ3v) is 2.43. The Morgan fingerprint density at radius 2 is 2.11 bits per heavy atom. The highest BCUT2D eigenvalue weighted by atomic mass is 16.5. The first-order chi connectivity index (χ1) is 8.72. The number of hydrogen-bond donors (Lipinski definition) is 2. The Labute approximate surface area is 105 Å². The third kappa shape index (κ3) is 2.75. The fourth-order valence-electron chi connectivity index (χ4n) is 1.62. The summed E-state index contributed by atoms with van der Waals surface area (Å²) in [4.78, 5) is 8.75. The lowest BCUT2D eigenvalue weighted by molar-refractivity contribution is 0.181. The smallest absolute Gasteiger partial charge is 0.161 e. The van der Waals surface area contributed by atoms with Crippen LogP contribution in [0.4, 0.5) is 5.82 Å². The van der Waals surface area contributed by atoms with E-state index in [1.54, 1.807) is 32.4 Å². The molecule has 0 unspecified atom stereocenters. The first-order valence-electron chi connectivity index (χ1n) is 5.57. The summed E-state index contributed by atoms with van der Waals surface area (Å²) < 4.78 is 5.07. The van der Waals surface area contributed by atoms with E-state index >= 15 is 0 Å². The van der Waals surface area contributed by atoms with Gasteiger partial charge in [-0.25, -0.2) is 9.97 Å². The Bertz CT molecular complexity index is 544. The second-order valence-electron chi connectivity index (χ2n) is 3.80. The van der Waals surface area contributed by atoms with Gasteiger partial charge in [-0.05, 0) is 12.1 Å². The molecule has 18 heavy (non-hydrogen) atoms. The standard InChI is InChI=1S/C13H15N3O2/c1-14-12-7-10(8-18-2)15-13(16-12)9-4-3-5-11(17)6-9/h3-7,17H,8H2,1-2H3,(H,14,15,16). The summed E-state index contributed by atoms with van der Waals surface area (Å²) in [6.45, 7) is 0.420. The molecule has 0 spiro atoms. The van der Waals surface area contributed by atoms with E-state index in [0.29, 0.717) is 12.4 Å². The van der Waals surface area contributed by atoms with Crippen LogP contribution in [0.5, 0.6) is 5.75 Å². The normalized spacial score (nSPS) is 10.3. The monoisotopic (exact) mass is 245 g/mol. The zero-order chi connectivity index (χ0) is 13.0. The third-order valence-electron chi connectivity index (χ3n) is 2.43. The van der Waals surface area contributed by atoms with E-state index in [-0.39, 0.29) is 5.75 Å². The lowest BCUT2D eigenvalue weighted by atomic mass is 10.2. The molecule has 0 amide bonds. The van der Waals surface area contributed by atoms with Crippen molar-refractivity contribution >= 4 is 5.82 Å². The maximum atomic E-state index is 9.48. The zero-order valence-corrected chi connectivity index (χ0v) is 10.3. The van der Waals surface area contributed by atoms with Gasteiger partial charge in [0.25, 0.3) is 0 Å². The fourth-order valence-corrected chi connectivity index (χ4v) is 1.62. The predicted octanol–water partition coefficient (Wildman–Crippen LogP) is 2.04. The van der Waals surface area contributed by atoms with Crippen molar-refractivity contribution in [3.05, 3.63) is 36.0 Å². The Hall–Kier alpha value is -2.14. The highest BCUT2D eigenvalue weighted by Crippen LogP contribution is 2.21. The lowest BCUT2D eigenvalue weighted by Crippen LogP contribution is -2.01. The van der Waals surface area contributed by atoms with E-state index in [0.717, 1.165) is 17.1 Å². The van der Waals surface area contributed by atoms with Crippen molar-refractivity contribution in [2.75, 3.05) is 19.5 Å². The van der Waals surface area contributed by atoms with Gasteiger partial charge in [-0.3, -0.25) is 0 Å². The van der Waals surface area contributed by atoms with E-state index in [9.17, 15) is 5.11 Å². The second-order valence-corrected chi connectivity index (χ2v) is 3.80. The summed E-state index contributed by atoms with van der Waals surface area (Å²) in [6.07, 6.45) is 0. The highest BCUT2D eigenvalue weighted by molar-refractivity contribution is 5.59. The number of aromatic nitrogens is 2. The summed E-state index contributed by atoms with van der Waals surface area (Å²) in [5.74, 6) is 1.47. The fraction of sp³-hybridized carbons (Fsp3) is 0.231. The predicted molar refractivity (Wildman–Crippen MR) is 69.4 cm³/mol. The van der Waals surface area contributed by atoms with Gasteiger partial charge in [-0.15, -0.1) is 0 Å². The van der Waals surface area contributed by atoms with E-state index in [1.165, 1.54) is 0 Å². The molecule has 0 aliphatic rings. The molecular weight excluding hydrogens is 230 g/mol. The van der Waals surface area contributed by atoms with E-state index in [1.807, 2.05) is 12.1 Å². The molecule has 0 atom stereocenters. The van der Waals surface area contributed by atoms with Crippen LogP contribution in [0.2, 0.25) is 0 Å². The largest absolute Gasteiger partial charge is 0.508 e. The number of phenolic OH excluding ortho intramolecular Hbond substituents is 1. The second kappa shape index (κ2) is 5.46. The molecule has 2 aromatic rings. The van der Waals surface area contributed by atoms with E-state index < -0.39 is 0 Å². The SMILES string of the molecule is CNc1cc(COC)nc(-c2cccc(O)c2)n1. The highest BCUT2D eigenvalue weighted by Gasteiger charge is 2.06. The van der Waals surface area contributed by atoms with Gasteiger partial charge in [0.2, 0.25) is 0 Å². The van der Waals surface area contributed by atoms with Crippen LogP contribution in [0.25, 0.3) is 11.4 Å². The van der Waals surface area contributed by atoms with Crippen LogP contribution in [0.1, 0.15) is 5.69 Å². The van der Waals surface area contributed by atoms with Crippen molar-refractivity contribution in [1.29, 1.82) is 0 Å². The zero-order valence-electron chi connectivity index (χ0n) is 10.3. The van der Waals surface area contributed by atoms with Crippen molar-refractivity contribution in [3.8, 4) is 17.1 Å². The average molecular weight is 245 g/mol. The minimum Gasteiger partial charge on any atom is -0.508 e. The molecule has 1 aromatic heterocycles. The number of hydrogen-bond acceptors (Lipinski definition) is 5. The van der Waals surface area contributed by atoms with Gasteiger partial charge in [-0.1, -0.05) is 12.1 Å². The molecule has 0 aliphatic carbocycles. The van der Waals surface area contributed by atoms with Crippen LogP contribution in [0.3, 0.4) is 0 Å². The van der Waals surface area contributed by atoms with E-state index in [2.05, 4.69) is 15.3 Å². The number of methoxy groups -OCH3 is 1. The van der Waals surface area contributed by atoms with Crippen molar-refractivity contribution < 1.29 is 9.84 Å². The van der Waals surface area contributed by atoms with Crippen LogP contribution >= 0.6 is 0 Å². The minimum absolute atomic E-state index is 0.194. The lowest BCUT2D eigenvalue weighted by Gasteiger charge is -2.07. The summed E-state index contributed by atoms with van der Waals surface area (Å²) >= 11 is 0. The van der Waals surface area contributed by atoms with Crippen LogP contribution in [0, 0.1) is 0 Å². The van der Waals surface area contributed by atoms with Gasteiger partial charge < -0.3 is 15.2 Å². The Kier molecular flexibility index (Phi) is 3.74. The summed E-state index contributed by atoms with van der Waals surface area (Å²) in [6, 6.07) is 8.68. The van der Waals surface area contributed by atoms with Crippen LogP contribution in [-0.2, 0) is 11.3 Å². The molecule has 0 fully saturated rings. The molecule has 0 radical (unpaired) electrons. The Morgan fingerprint density at radius 1 is 1.28 bits per heavy atom. The van der Waals surface area contributed by atoms with Crippen LogP contribution < -0.4 is 5.32 Å². The van der Waals surface area contributed by atoms with Gasteiger partial charge in [0.1, 0.15) is 11.6 Å². The molecule has 0 saturated heterocycles. The summed E-state index contributed by atoms with van der Waals surface area (Å²) in [5.41, 5.74) is 1.56. The quantitative estimate of drug-likeness (QED) is 0.862. The molecule has 2 rings (SSSR count). The molecule has 0 bridgehead atoms. The van der Waals surface area contributed by atoms with Crippen molar-refractivity contribution in [2.45, 2.75) is 6.61 Å². The molecule has 1 aromatic carbocycles. The molecule has 5 heteroatoms. The Morgan fingerprint density at radius 3 is 2.78 bits per heavy atom. The number of aromatic hydroxyl groups is 1. The summed E-state index contributed by atoms with van der Waals surface area (Å²) in [7, 11) is 3.42. The van der Waals surface area contributed by atoms with Gasteiger partial charge in [0.15, 0.2) is 5.82 Å². The van der Waals surface area contributed by atoms with Crippen molar-refractivity contribution in [3.63, 3.8) is 0 Å². The van der Waals surface area contributed by atoms with E-state index in [4.69, 9.17) is 4.74 Å². The number of anilines is 1. The van der Waals surface area contributed by atoms with Crippen molar-refractivity contribution in [2.24, 2.45) is 0 Å². The molecule has 94 valence electrons. The maximum absolute atomic E-state index is 9.48. The summed E-state index contributed by atoms with van der Waals surface area (Å²) in [5, 5.41) is 12.5. The van der Waals surface area contributed by atoms with Crippen LogP contribution in [-0.4, -0.2) is 29.2 Å². The number of nitrogens with zero attached hydrogens (tertiary/aromatic N) is 2. The number of phenols is 1. The average Bonchev–Trinajstić information content (AvgIpc) is 2.39. The first kappa shape index (κ1) is 12.3. The van der Waals surface area contributed by atoms with Gasteiger partial charge in [0.05, 0.1) is 12.3 Å². The first-order valence-corrected chi connectivity index (χ1v) is 5.57. The topological polar surface area (TPSA) is 67.3 Å². The molecule has 0 aliphatic heterocycles. The molecule has 5 nitrogen and oxygen atoms in total.